The highest BCUT2D eigenvalue weighted by atomic mass is 19.4. The van der Waals surface area contributed by atoms with E-state index in [1.165, 1.54) is 0 Å². The molecule has 1 atom stereocenters. The molecule has 0 radical (unpaired) electrons. The van der Waals surface area contributed by atoms with Crippen LogP contribution in [0.15, 0.2) is 48.5 Å². The second-order valence-electron chi connectivity index (χ2n) is 6.55. The molecule has 0 spiro atoms. The molecule has 3 aromatic rings. The van der Waals surface area contributed by atoms with E-state index in [-0.39, 0.29) is 17.4 Å². The van der Waals surface area contributed by atoms with Crippen LogP contribution < -0.4 is 10.1 Å². The Bertz CT molecular complexity index is 960. The van der Waals surface area contributed by atoms with E-state index in [2.05, 4.69) is 15.3 Å². The van der Waals surface area contributed by atoms with Crippen molar-refractivity contribution in [1.82, 2.24) is 14.9 Å². The van der Waals surface area contributed by atoms with Gasteiger partial charge >= 0.3 is 6.18 Å². The molecule has 0 aliphatic rings. The van der Waals surface area contributed by atoms with Gasteiger partial charge in [-0.15, -0.1) is 0 Å². The molecule has 1 heterocycles. The van der Waals surface area contributed by atoms with Crippen molar-refractivity contribution in [3.8, 4) is 5.75 Å². The minimum atomic E-state index is -4.62. The summed E-state index contributed by atoms with van der Waals surface area (Å²) in [5, 5.41) is 3.62. The number of hydrogen-bond donors (Lipinski definition) is 1. The average Bonchev–Trinajstić information content (AvgIpc) is 2.67. The van der Waals surface area contributed by atoms with E-state index in [0.29, 0.717) is 11.9 Å². The quantitative estimate of drug-likeness (QED) is 0.677. The van der Waals surface area contributed by atoms with Crippen LogP contribution in [0.2, 0.25) is 0 Å². The summed E-state index contributed by atoms with van der Waals surface area (Å²) in [7, 11) is 5.41. The summed E-state index contributed by atoms with van der Waals surface area (Å²) >= 11 is 0. The third kappa shape index (κ3) is 4.33. The molecule has 0 aliphatic heterocycles. The zero-order valence-electron chi connectivity index (χ0n) is 15.8. The fourth-order valence-electron chi connectivity index (χ4n) is 2.98. The predicted molar refractivity (Wildman–Crippen MR) is 102 cm³/mol. The molecule has 0 aliphatic carbocycles. The third-order valence-corrected chi connectivity index (χ3v) is 4.42. The number of likely N-dealkylation sites (N-methyl/N-ethyl adjacent to an activating group) is 1. The summed E-state index contributed by atoms with van der Waals surface area (Å²) in [5.74, 6) is -0.277. The Hall–Kier alpha value is -2.87. The Kier molecular flexibility index (Phi) is 5.69. The highest BCUT2D eigenvalue weighted by molar-refractivity contribution is 5.89. The predicted octanol–water partition coefficient (Wildman–Crippen LogP) is 4.37. The molecule has 0 unspecified atom stereocenters. The zero-order valence-corrected chi connectivity index (χ0v) is 15.8. The summed E-state index contributed by atoms with van der Waals surface area (Å²) < 4.78 is 44.9. The van der Waals surface area contributed by atoms with Crippen molar-refractivity contribution in [3.05, 3.63) is 59.9 Å². The molecule has 0 saturated carbocycles. The van der Waals surface area contributed by atoms with Crippen LogP contribution in [0, 0.1) is 0 Å². The molecule has 0 fully saturated rings. The number of anilines is 1. The number of benzene rings is 2. The highest BCUT2D eigenvalue weighted by Crippen LogP contribution is 2.31. The Labute approximate surface area is 161 Å². The summed E-state index contributed by atoms with van der Waals surface area (Å²) in [4.78, 5) is 9.37. The van der Waals surface area contributed by atoms with Gasteiger partial charge in [0.2, 0.25) is 5.82 Å². The molecule has 3 rings (SSSR count). The van der Waals surface area contributed by atoms with Gasteiger partial charge in [0.05, 0.1) is 18.7 Å². The smallest absolute Gasteiger partial charge is 0.451 e. The van der Waals surface area contributed by atoms with Gasteiger partial charge in [0.15, 0.2) is 0 Å². The van der Waals surface area contributed by atoms with Crippen molar-refractivity contribution in [2.24, 2.45) is 0 Å². The van der Waals surface area contributed by atoms with E-state index in [9.17, 15) is 13.2 Å². The van der Waals surface area contributed by atoms with Crippen molar-refractivity contribution in [2.75, 3.05) is 33.1 Å². The molecule has 0 amide bonds. The van der Waals surface area contributed by atoms with Crippen molar-refractivity contribution >= 4 is 16.7 Å². The molecule has 8 heteroatoms. The first-order valence-electron chi connectivity index (χ1n) is 8.68. The molecule has 2 aromatic carbocycles. The number of rotatable bonds is 6. The van der Waals surface area contributed by atoms with Crippen LogP contribution >= 0.6 is 0 Å². The number of alkyl halides is 3. The molecule has 28 heavy (non-hydrogen) atoms. The molecular weight excluding hydrogens is 369 g/mol. The van der Waals surface area contributed by atoms with Gasteiger partial charge in [0.25, 0.3) is 0 Å². The first kappa shape index (κ1) is 19.9. The van der Waals surface area contributed by atoms with Gasteiger partial charge in [-0.25, -0.2) is 9.97 Å². The van der Waals surface area contributed by atoms with Gasteiger partial charge in [-0.05, 0) is 43.9 Å². The lowest BCUT2D eigenvalue weighted by atomic mass is 10.1. The van der Waals surface area contributed by atoms with Gasteiger partial charge < -0.3 is 15.0 Å². The van der Waals surface area contributed by atoms with Gasteiger partial charge in [0, 0.05) is 11.9 Å². The van der Waals surface area contributed by atoms with Gasteiger partial charge in [0.1, 0.15) is 11.6 Å². The lowest BCUT2D eigenvalue weighted by molar-refractivity contribution is -0.144. The summed E-state index contributed by atoms with van der Waals surface area (Å²) in [6.45, 7) is 0.360. The molecule has 148 valence electrons. The Morgan fingerprint density at radius 1 is 1.07 bits per heavy atom. The maximum Gasteiger partial charge on any atom is 0.451 e. The number of nitrogens with one attached hydrogen (secondary N) is 1. The van der Waals surface area contributed by atoms with Crippen LogP contribution in [0.1, 0.15) is 17.4 Å². The number of halogens is 3. The Morgan fingerprint density at radius 3 is 2.50 bits per heavy atom. The molecule has 0 bridgehead atoms. The first-order chi connectivity index (χ1) is 13.3. The van der Waals surface area contributed by atoms with Crippen molar-refractivity contribution in [2.45, 2.75) is 12.2 Å². The average molecular weight is 390 g/mol. The van der Waals surface area contributed by atoms with E-state index in [1.54, 1.807) is 31.4 Å². The minimum absolute atomic E-state index is 0.0989. The van der Waals surface area contributed by atoms with Crippen molar-refractivity contribution < 1.29 is 17.9 Å². The standard InChI is InChI=1S/C20H21F3N4O/c1-27(2)17(13-7-6-8-14(11-13)28-3)12-24-18-15-9-4-5-10-16(15)25-19(26-18)20(21,22)23/h4-11,17H,12H2,1-3H3,(H,24,25,26)/t17-/m0/s1. The van der Waals surface area contributed by atoms with Gasteiger partial charge in [-0.1, -0.05) is 24.3 Å². The SMILES string of the molecule is COc1cccc([C@H](CNc2nc(C(F)(F)F)nc3ccccc23)N(C)C)c1. The Morgan fingerprint density at radius 2 is 1.82 bits per heavy atom. The lowest BCUT2D eigenvalue weighted by Gasteiger charge is -2.26. The molecule has 1 aromatic heterocycles. The molecular formula is C20H21F3N4O. The van der Waals surface area contributed by atoms with E-state index in [1.807, 2.05) is 43.3 Å². The minimum Gasteiger partial charge on any atom is -0.497 e. The second-order valence-corrected chi connectivity index (χ2v) is 6.55. The van der Waals surface area contributed by atoms with Crippen molar-refractivity contribution in [1.29, 1.82) is 0 Å². The van der Waals surface area contributed by atoms with Crippen molar-refractivity contribution in [3.63, 3.8) is 0 Å². The van der Waals surface area contributed by atoms with Gasteiger partial charge in [-0.2, -0.15) is 13.2 Å². The fourth-order valence-corrected chi connectivity index (χ4v) is 2.98. The van der Waals surface area contributed by atoms with E-state index < -0.39 is 12.0 Å². The largest absolute Gasteiger partial charge is 0.497 e. The number of fused-ring (bicyclic) bond motifs is 1. The fraction of sp³-hybridized carbons (Fsp3) is 0.300. The number of aromatic nitrogens is 2. The summed E-state index contributed by atoms with van der Waals surface area (Å²) in [5.41, 5.74) is 1.22. The second kappa shape index (κ2) is 8.02. The molecule has 0 saturated heterocycles. The summed E-state index contributed by atoms with van der Waals surface area (Å²) in [6, 6.07) is 14.1. The number of ether oxygens (including phenoxy) is 1. The number of nitrogens with zero attached hydrogens (tertiary/aromatic N) is 3. The van der Waals surface area contributed by atoms with Gasteiger partial charge in [-0.3, -0.25) is 0 Å². The Balaban J connectivity index is 1.94. The van der Waals surface area contributed by atoms with Crippen LogP contribution in [0.5, 0.6) is 5.75 Å². The topological polar surface area (TPSA) is 50.3 Å². The third-order valence-electron chi connectivity index (χ3n) is 4.42. The monoisotopic (exact) mass is 390 g/mol. The van der Waals surface area contributed by atoms with E-state index >= 15 is 0 Å². The maximum absolute atomic E-state index is 13.2. The van der Waals surface area contributed by atoms with E-state index in [0.717, 1.165) is 11.3 Å². The zero-order chi connectivity index (χ0) is 20.3. The lowest BCUT2D eigenvalue weighted by Crippen LogP contribution is -2.27. The number of methoxy groups -OCH3 is 1. The van der Waals surface area contributed by atoms with Crippen LogP contribution in [0.4, 0.5) is 19.0 Å². The van der Waals surface area contributed by atoms with E-state index in [4.69, 9.17) is 4.74 Å². The number of hydrogen-bond acceptors (Lipinski definition) is 5. The normalized spacial score (nSPS) is 13.0. The van der Waals surface area contributed by atoms with Crippen LogP contribution in [-0.2, 0) is 6.18 Å². The van der Waals surface area contributed by atoms with Crippen LogP contribution in [-0.4, -0.2) is 42.6 Å². The molecule has 5 nitrogen and oxygen atoms in total. The summed E-state index contributed by atoms with van der Waals surface area (Å²) in [6.07, 6.45) is -4.62. The first-order valence-corrected chi connectivity index (χ1v) is 8.68. The highest BCUT2D eigenvalue weighted by Gasteiger charge is 2.35. The number of para-hydroxylation sites is 1. The van der Waals surface area contributed by atoms with Crippen LogP contribution in [0.3, 0.4) is 0 Å². The molecule has 1 N–H and O–H groups in total. The maximum atomic E-state index is 13.2. The van der Waals surface area contributed by atoms with Crippen LogP contribution in [0.25, 0.3) is 10.9 Å².